The van der Waals surface area contributed by atoms with Crippen molar-refractivity contribution < 1.29 is 19.1 Å². The summed E-state index contributed by atoms with van der Waals surface area (Å²) in [6.45, 7) is 2.96. The lowest BCUT2D eigenvalue weighted by Crippen LogP contribution is -2.50. The number of nitrogens with one attached hydrogen (secondary N) is 3. The van der Waals surface area contributed by atoms with Gasteiger partial charge in [-0.3, -0.25) is 9.59 Å². The Morgan fingerprint density at radius 1 is 0.868 bits per heavy atom. The van der Waals surface area contributed by atoms with E-state index < -0.39 is 6.03 Å². The number of carbonyl (C=O) groups excluding carboxylic acids is 3. The number of piperidine rings is 1. The molecule has 2 aliphatic heterocycles. The van der Waals surface area contributed by atoms with Crippen molar-refractivity contribution in [3.05, 3.63) is 82.3 Å². The van der Waals surface area contributed by atoms with Gasteiger partial charge in [-0.05, 0) is 67.8 Å². The smallest absolute Gasteiger partial charge is 0.323 e. The average Bonchev–Trinajstić information content (AvgIpc) is 2.91. The zero-order valence-electron chi connectivity index (χ0n) is 21.2. The number of pyridine rings is 1. The summed E-state index contributed by atoms with van der Waals surface area (Å²) in [4.78, 5) is 52.1. The monoisotopic (exact) mass is 515 g/mol. The zero-order chi connectivity index (χ0) is 26.8. The fourth-order valence-corrected chi connectivity index (χ4v) is 5.22. The Morgan fingerprint density at radius 3 is 2.34 bits per heavy atom. The summed E-state index contributed by atoms with van der Waals surface area (Å²) in [5.41, 5.74) is 2.47. The van der Waals surface area contributed by atoms with Gasteiger partial charge >= 0.3 is 12.1 Å². The van der Waals surface area contributed by atoms with Gasteiger partial charge in [0.05, 0.1) is 12.8 Å². The van der Waals surface area contributed by atoms with E-state index in [9.17, 15) is 19.2 Å². The summed E-state index contributed by atoms with van der Waals surface area (Å²) in [6.07, 6.45) is 0.886. The van der Waals surface area contributed by atoms with Gasteiger partial charge in [0.15, 0.2) is 5.78 Å². The van der Waals surface area contributed by atoms with Gasteiger partial charge in [-0.2, -0.15) is 0 Å². The van der Waals surface area contributed by atoms with Crippen molar-refractivity contribution in [1.29, 1.82) is 0 Å². The SMILES string of the molecule is COc1ccccc1NC(=O)Nc1ccc2n(c1=O)CC1CC2CN(C(=O)Nc2ccc(C(C)=O)cc2)C1. The molecule has 2 unspecified atom stereocenters. The maximum absolute atomic E-state index is 13.3. The molecule has 2 bridgehead atoms. The molecule has 3 heterocycles. The highest BCUT2D eigenvalue weighted by Crippen LogP contribution is 2.35. The number of hydrogen-bond donors (Lipinski definition) is 3. The van der Waals surface area contributed by atoms with E-state index in [4.69, 9.17) is 4.74 Å². The number of fused-ring (bicyclic) bond motifs is 4. The summed E-state index contributed by atoms with van der Waals surface area (Å²) >= 11 is 0. The van der Waals surface area contributed by atoms with Gasteiger partial charge in [-0.15, -0.1) is 0 Å². The number of carbonyl (C=O) groups is 3. The van der Waals surface area contributed by atoms with E-state index in [0.29, 0.717) is 42.3 Å². The van der Waals surface area contributed by atoms with Crippen molar-refractivity contribution in [2.45, 2.75) is 25.8 Å². The van der Waals surface area contributed by atoms with Crippen molar-refractivity contribution >= 4 is 34.9 Å². The van der Waals surface area contributed by atoms with Crippen LogP contribution in [-0.4, -0.2) is 47.5 Å². The van der Waals surface area contributed by atoms with Gasteiger partial charge in [-0.25, -0.2) is 9.59 Å². The molecule has 2 atom stereocenters. The van der Waals surface area contributed by atoms with E-state index in [1.54, 1.807) is 64.1 Å². The van der Waals surface area contributed by atoms with E-state index in [0.717, 1.165) is 12.1 Å². The largest absolute Gasteiger partial charge is 0.495 e. The minimum Gasteiger partial charge on any atom is -0.495 e. The molecule has 0 aliphatic carbocycles. The minimum absolute atomic E-state index is 0.0116. The molecule has 2 aliphatic rings. The zero-order valence-corrected chi connectivity index (χ0v) is 21.2. The fourth-order valence-electron chi connectivity index (χ4n) is 5.22. The van der Waals surface area contributed by atoms with E-state index in [-0.39, 0.29) is 34.9 Å². The van der Waals surface area contributed by atoms with Gasteiger partial charge in [0.2, 0.25) is 0 Å². The second-order valence-electron chi connectivity index (χ2n) is 9.63. The molecule has 196 valence electrons. The summed E-state index contributed by atoms with van der Waals surface area (Å²) in [5, 5.41) is 8.27. The molecule has 1 aromatic heterocycles. The molecule has 3 aromatic rings. The summed E-state index contributed by atoms with van der Waals surface area (Å²) in [6, 6.07) is 16.5. The summed E-state index contributed by atoms with van der Waals surface area (Å²) in [7, 11) is 1.52. The molecule has 38 heavy (non-hydrogen) atoms. The number of amides is 4. The number of rotatable bonds is 5. The van der Waals surface area contributed by atoms with Crippen molar-refractivity contribution in [2.75, 3.05) is 36.1 Å². The summed E-state index contributed by atoms with van der Waals surface area (Å²) in [5.74, 6) is 0.607. The van der Waals surface area contributed by atoms with Crippen molar-refractivity contribution in [3.8, 4) is 5.75 Å². The standard InChI is InChI=1S/C28H29N5O5/c1-17(34)19-7-9-21(10-8-19)29-28(37)32-14-18-13-20(16-32)24-12-11-23(26(35)33(24)15-18)31-27(36)30-22-5-3-4-6-25(22)38-2/h3-12,18,20H,13-16H2,1-2H3,(H,29,37)(H2,30,31,36). The van der Waals surface area contributed by atoms with Gasteiger partial charge < -0.3 is 30.2 Å². The normalized spacial score (nSPS) is 17.7. The molecule has 10 heteroatoms. The number of ether oxygens (including phenoxy) is 1. The Morgan fingerprint density at radius 2 is 1.61 bits per heavy atom. The van der Waals surface area contributed by atoms with E-state index >= 15 is 0 Å². The second-order valence-corrected chi connectivity index (χ2v) is 9.63. The first-order valence-corrected chi connectivity index (χ1v) is 12.4. The Balaban J connectivity index is 1.27. The van der Waals surface area contributed by atoms with Crippen LogP contribution in [0.3, 0.4) is 0 Å². The lowest BCUT2D eigenvalue weighted by Gasteiger charge is -2.42. The molecule has 0 radical (unpaired) electrons. The molecular formula is C28H29N5O5. The number of Topliss-reactive ketones (excluding diaryl/α,β-unsaturated/α-hetero) is 1. The van der Waals surface area contributed by atoms with Crippen LogP contribution in [0.2, 0.25) is 0 Å². The first-order chi connectivity index (χ1) is 18.3. The Hall–Kier alpha value is -4.60. The Kier molecular flexibility index (Phi) is 6.87. The first-order valence-electron chi connectivity index (χ1n) is 12.4. The highest BCUT2D eigenvalue weighted by molar-refractivity contribution is 6.00. The molecule has 5 rings (SSSR count). The van der Waals surface area contributed by atoms with E-state index in [1.165, 1.54) is 14.0 Å². The van der Waals surface area contributed by atoms with Crippen LogP contribution in [0.5, 0.6) is 5.75 Å². The predicted molar refractivity (Wildman–Crippen MR) is 144 cm³/mol. The number of urea groups is 2. The van der Waals surface area contributed by atoms with Crippen LogP contribution in [0.4, 0.5) is 26.7 Å². The van der Waals surface area contributed by atoms with Crippen LogP contribution in [0.25, 0.3) is 0 Å². The fraction of sp³-hybridized carbons (Fsp3) is 0.286. The van der Waals surface area contributed by atoms with E-state index in [1.807, 2.05) is 6.07 Å². The molecule has 2 aromatic carbocycles. The topological polar surface area (TPSA) is 122 Å². The van der Waals surface area contributed by atoms with Crippen LogP contribution in [0, 0.1) is 5.92 Å². The highest BCUT2D eigenvalue weighted by Gasteiger charge is 2.36. The van der Waals surface area contributed by atoms with Crippen LogP contribution in [0.1, 0.15) is 35.3 Å². The summed E-state index contributed by atoms with van der Waals surface area (Å²) < 4.78 is 6.97. The maximum Gasteiger partial charge on any atom is 0.323 e. The molecule has 4 amide bonds. The quantitative estimate of drug-likeness (QED) is 0.436. The number of aromatic nitrogens is 1. The lowest BCUT2D eigenvalue weighted by molar-refractivity contribution is 0.101. The lowest BCUT2D eigenvalue weighted by atomic mass is 9.83. The van der Waals surface area contributed by atoms with Gasteiger partial charge in [0.1, 0.15) is 11.4 Å². The molecule has 0 spiro atoms. The Labute approximate surface area is 219 Å². The molecule has 1 fully saturated rings. The number of benzene rings is 2. The van der Waals surface area contributed by atoms with Crippen LogP contribution < -0.4 is 26.2 Å². The number of hydrogen-bond acceptors (Lipinski definition) is 5. The minimum atomic E-state index is -0.540. The third kappa shape index (κ3) is 5.10. The number of methoxy groups -OCH3 is 1. The predicted octanol–water partition coefficient (Wildman–Crippen LogP) is 4.35. The van der Waals surface area contributed by atoms with E-state index in [2.05, 4.69) is 16.0 Å². The average molecular weight is 516 g/mol. The molecule has 3 N–H and O–H groups in total. The van der Waals surface area contributed by atoms with Crippen LogP contribution in [0.15, 0.2) is 65.5 Å². The van der Waals surface area contributed by atoms with Crippen LogP contribution >= 0.6 is 0 Å². The molecular weight excluding hydrogens is 486 g/mol. The number of anilines is 3. The van der Waals surface area contributed by atoms with Gasteiger partial charge in [-0.1, -0.05) is 12.1 Å². The third-order valence-electron chi connectivity index (χ3n) is 7.04. The van der Waals surface area contributed by atoms with Crippen molar-refractivity contribution in [2.24, 2.45) is 5.92 Å². The molecule has 1 saturated heterocycles. The van der Waals surface area contributed by atoms with Gasteiger partial charge in [0, 0.05) is 42.5 Å². The highest BCUT2D eigenvalue weighted by atomic mass is 16.5. The van der Waals surface area contributed by atoms with Crippen LogP contribution in [-0.2, 0) is 6.54 Å². The molecule has 10 nitrogen and oxygen atoms in total. The number of para-hydroxylation sites is 2. The van der Waals surface area contributed by atoms with Gasteiger partial charge in [0.25, 0.3) is 5.56 Å². The number of likely N-dealkylation sites (tertiary alicyclic amines) is 1. The van der Waals surface area contributed by atoms with Crippen molar-refractivity contribution in [3.63, 3.8) is 0 Å². The Bertz CT molecular complexity index is 1450. The van der Waals surface area contributed by atoms with Crippen molar-refractivity contribution in [1.82, 2.24) is 9.47 Å². The maximum atomic E-state index is 13.3. The first kappa shape index (κ1) is 25.1. The third-order valence-corrected chi connectivity index (χ3v) is 7.04. The number of nitrogens with zero attached hydrogens (tertiary/aromatic N) is 2. The second kappa shape index (κ2) is 10.4. The molecule has 0 saturated carbocycles. The number of ketones is 1.